The van der Waals surface area contributed by atoms with Gasteiger partial charge in [-0.25, -0.2) is 8.42 Å². The van der Waals surface area contributed by atoms with Crippen LogP contribution >= 0.6 is 0 Å². The van der Waals surface area contributed by atoms with Crippen LogP contribution in [-0.4, -0.2) is 30.9 Å². The topological polar surface area (TPSA) is 127 Å². The summed E-state index contributed by atoms with van der Waals surface area (Å²) in [6, 6.07) is 4.96. The monoisotopic (exact) mass is 314 g/mol. The molecule has 0 bridgehead atoms. The van der Waals surface area contributed by atoms with Gasteiger partial charge in [-0.2, -0.15) is 4.72 Å². The van der Waals surface area contributed by atoms with E-state index in [1.807, 2.05) is 0 Å². The minimum Gasteiger partial charge on any atom is -0.480 e. The number of carboxylic acid groups (broad SMARTS) is 1. The predicted octanol–water partition coefficient (Wildman–Crippen LogP) is 0.707. The average Bonchev–Trinajstić information content (AvgIpc) is 2.38. The van der Waals surface area contributed by atoms with Gasteiger partial charge in [0.1, 0.15) is 5.54 Å². The predicted molar refractivity (Wildman–Crippen MR) is 76.2 cm³/mol. The largest absolute Gasteiger partial charge is 0.480 e. The molecule has 0 saturated carbocycles. The molecule has 0 saturated heterocycles. The molecule has 1 aromatic carbocycles. The number of rotatable bonds is 7. The zero-order valence-corrected chi connectivity index (χ0v) is 12.6. The van der Waals surface area contributed by atoms with E-state index < -0.39 is 27.4 Å². The summed E-state index contributed by atoms with van der Waals surface area (Å²) in [5, 5.41) is 9.20. The number of amides is 1. The summed E-state index contributed by atoms with van der Waals surface area (Å²) in [5.41, 5.74) is 3.65. The summed E-state index contributed by atoms with van der Waals surface area (Å²) >= 11 is 0. The van der Waals surface area contributed by atoms with Gasteiger partial charge in [-0.05, 0) is 37.6 Å². The van der Waals surface area contributed by atoms with Crippen molar-refractivity contribution in [2.75, 3.05) is 0 Å². The van der Waals surface area contributed by atoms with Gasteiger partial charge in [-0.15, -0.1) is 0 Å². The molecule has 0 radical (unpaired) electrons. The van der Waals surface area contributed by atoms with Gasteiger partial charge in [-0.1, -0.05) is 13.3 Å². The molecule has 7 nitrogen and oxygen atoms in total. The van der Waals surface area contributed by atoms with Crippen molar-refractivity contribution >= 4 is 21.9 Å². The summed E-state index contributed by atoms with van der Waals surface area (Å²) in [5.74, 6) is -1.92. The number of nitrogens with one attached hydrogen (secondary N) is 1. The van der Waals surface area contributed by atoms with E-state index in [4.69, 9.17) is 5.73 Å². The van der Waals surface area contributed by atoms with E-state index in [0.717, 1.165) is 0 Å². The highest BCUT2D eigenvalue weighted by molar-refractivity contribution is 7.89. The van der Waals surface area contributed by atoms with Crippen LogP contribution in [0.4, 0.5) is 0 Å². The molecular formula is C13H18N2O5S. The average molecular weight is 314 g/mol. The van der Waals surface area contributed by atoms with Crippen LogP contribution in [0.5, 0.6) is 0 Å². The molecule has 1 amide bonds. The Hall–Kier alpha value is -1.93. The first-order valence-corrected chi connectivity index (χ1v) is 7.78. The van der Waals surface area contributed by atoms with E-state index in [1.54, 1.807) is 6.92 Å². The SMILES string of the molecule is CCCC(C)(NS(=O)(=O)c1ccc(C(N)=O)cc1)C(=O)O. The Morgan fingerprint density at radius 2 is 1.81 bits per heavy atom. The molecule has 8 heteroatoms. The summed E-state index contributed by atoms with van der Waals surface area (Å²) in [6.45, 7) is 3.07. The Bertz CT molecular complexity index is 639. The number of benzene rings is 1. The number of hydrogen-bond acceptors (Lipinski definition) is 4. The summed E-state index contributed by atoms with van der Waals surface area (Å²) < 4.78 is 26.6. The lowest BCUT2D eigenvalue weighted by Gasteiger charge is -2.25. The van der Waals surface area contributed by atoms with Crippen molar-refractivity contribution in [2.45, 2.75) is 37.1 Å². The van der Waals surface area contributed by atoms with Crippen molar-refractivity contribution in [1.82, 2.24) is 4.72 Å². The Kier molecular flexibility index (Phi) is 5.08. The van der Waals surface area contributed by atoms with Crippen LogP contribution in [0.25, 0.3) is 0 Å². The molecule has 4 N–H and O–H groups in total. The number of primary amides is 1. The van der Waals surface area contributed by atoms with E-state index in [9.17, 15) is 23.1 Å². The van der Waals surface area contributed by atoms with Crippen LogP contribution in [0.1, 0.15) is 37.0 Å². The molecule has 1 rings (SSSR count). The van der Waals surface area contributed by atoms with E-state index >= 15 is 0 Å². The Morgan fingerprint density at radius 1 is 1.29 bits per heavy atom. The van der Waals surface area contributed by atoms with Crippen molar-refractivity contribution in [3.63, 3.8) is 0 Å². The second-order valence-electron chi connectivity index (χ2n) is 4.88. The van der Waals surface area contributed by atoms with Gasteiger partial charge in [0.15, 0.2) is 0 Å². The molecule has 0 aliphatic carbocycles. The first-order chi connectivity index (χ1) is 9.62. The van der Waals surface area contributed by atoms with Crippen molar-refractivity contribution < 1.29 is 23.1 Å². The van der Waals surface area contributed by atoms with Gasteiger partial charge in [0, 0.05) is 5.56 Å². The van der Waals surface area contributed by atoms with E-state index in [1.165, 1.54) is 31.2 Å². The molecule has 0 spiro atoms. The lowest BCUT2D eigenvalue weighted by Crippen LogP contribution is -2.51. The fraction of sp³-hybridized carbons (Fsp3) is 0.385. The lowest BCUT2D eigenvalue weighted by molar-refractivity contribution is -0.143. The number of nitrogens with two attached hydrogens (primary N) is 1. The molecule has 0 aliphatic heterocycles. The van der Waals surface area contributed by atoms with Gasteiger partial charge >= 0.3 is 5.97 Å². The Labute approximate surface area is 123 Å². The maximum Gasteiger partial charge on any atom is 0.324 e. The standard InChI is InChI=1S/C13H18N2O5S/c1-3-8-13(2,12(17)18)15-21(19,20)10-6-4-9(5-7-10)11(14)16/h4-7,15H,3,8H2,1-2H3,(H2,14,16)(H,17,18). The van der Waals surface area contributed by atoms with Crippen LogP contribution < -0.4 is 10.5 Å². The molecule has 1 atom stereocenters. The third kappa shape index (κ3) is 4.02. The summed E-state index contributed by atoms with van der Waals surface area (Å²) in [6.07, 6.45) is 0.660. The first-order valence-electron chi connectivity index (χ1n) is 6.29. The first kappa shape index (κ1) is 17.1. The summed E-state index contributed by atoms with van der Waals surface area (Å²) in [4.78, 5) is 22.1. The molecule has 116 valence electrons. The zero-order valence-electron chi connectivity index (χ0n) is 11.8. The number of sulfonamides is 1. The van der Waals surface area contributed by atoms with E-state index in [0.29, 0.717) is 6.42 Å². The molecule has 0 aliphatic rings. The van der Waals surface area contributed by atoms with Crippen molar-refractivity contribution in [3.8, 4) is 0 Å². The quantitative estimate of drug-likeness (QED) is 0.683. The Balaban J connectivity index is 3.10. The van der Waals surface area contributed by atoms with Crippen LogP contribution in [0, 0.1) is 0 Å². The van der Waals surface area contributed by atoms with Gasteiger partial charge in [0.25, 0.3) is 0 Å². The number of hydrogen-bond donors (Lipinski definition) is 3. The maximum atomic E-state index is 12.2. The maximum absolute atomic E-state index is 12.2. The number of carbonyl (C=O) groups excluding carboxylic acids is 1. The highest BCUT2D eigenvalue weighted by Gasteiger charge is 2.37. The van der Waals surface area contributed by atoms with Gasteiger partial charge in [0.2, 0.25) is 15.9 Å². The minimum absolute atomic E-state index is 0.129. The van der Waals surface area contributed by atoms with Crippen LogP contribution in [0.2, 0.25) is 0 Å². The van der Waals surface area contributed by atoms with Gasteiger partial charge < -0.3 is 10.8 Å². The molecule has 0 fully saturated rings. The number of carboxylic acids is 1. The van der Waals surface area contributed by atoms with Crippen LogP contribution in [0.3, 0.4) is 0 Å². The highest BCUT2D eigenvalue weighted by atomic mass is 32.2. The van der Waals surface area contributed by atoms with Crippen molar-refractivity contribution in [1.29, 1.82) is 0 Å². The van der Waals surface area contributed by atoms with Crippen molar-refractivity contribution in [2.24, 2.45) is 5.73 Å². The third-order valence-electron chi connectivity index (χ3n) is 3.03. The summed E-state index contributed by atoms with van der Waals surface area (Å²) in [7, 11) is -4.01. The second kappa shape index (κ2) is 6.23. The Morgan fingerprint density at radius 3 is 2.19 bits per heavy atom. The normalized spacial score (nSPS) is 14.4. The minimum atomic E-state index is -4.01. The molecular weight excluding hydrogens is 296 g/mol. The molecule has 0 aromatic heterocycles. The second-order valence-corrected chi connectivity index (χ2v) is 6.56. The van der Waals surface area contributed by atoms with Crippen molar-refractivity contribution in [3.05, 3.63) is 29.8 Å². The lowest BCUT2D eigenvalue weighted by atomic mass is 9.98. The molecule has 0 heterocycles. The third-order valence-corrected chi connectivity index (χ3v) is 4.64. The fourth-order valence-electron chi connectivity index (χ4n) is 1.86. The number of carbonyl (C=O) groups is 2. The molecule has 1 aromatic rings. The smallest absolute Gasteiger partial charge is 0.324 e. The fourth-order valence-corrected chi connectivity index (χ4v) is 3.25. The molecule has 1 unspecified atom stereocenters. The van der Waals surface area contributed by atoms with Gasteiger partial charge in [-0.3, -0.25) is 9.59 Å². The van der Waals surface area contributed by atoms with Crippen LogP contribution in [0.15, 0.2) is 29.2 Å². The number of aliphatic carboxylic acids is 1. The van der Waals surface area contributed by atoms with Crippen LogP contribution in [-0.2, 0) is 14.8 Å². The molecule has 21 heavy (non-hydrogen) atoms. The van der Waals surface area contributed by atoms with E-state index in [2.05, 4.69) is 4.72 Å². The van der Waals surface area contributed by atoms with Gasteiger partial charge in [0.05, 0.1) is 4.90 Å². The van der Waals surface area contributed by atoms with E-state index in [-0.39, 0.29) is 16.9 Å². The zero-order chi connectivity index (χ0) is 16.3. The highest BCUT2D eigenvalue weighted by Crippen LogP contribution is 2.18.